The van der Waals surface area contributed by atoms with Gasteiger partial charge >= 0.3 is 0 Å². The van der Waals surface area contributed by atoms with Gasteiger partial charge in [0, 0.05) is 18.7 Å². The van der Waals surface area contributed by atoms with Crippen molar-refractivity contribution in [3.05, 3.63) is 23.2 Å². The first kappa shape index (κ1) is 11.7. The lowest BCUT2D eigenvalue weighted by molar-refractivity contribution is -0.109. The first-order valence-electron chi connectivity index (χ1n) is 5.99. The summed E-state index contributed by atoms with van der Waals surface area (Å²) in [6, 6.07) is 2.09. The molecule has 2 unspecified atom stereocenters. The SMILES string of the molecule is CCC1(C)CNCC(c2cc(C)oc2C)O1. The Bertz CT molecular complexity index is 372. The number of hydrogen-bond donors (Lipinski definition) is 1. The fraction of sp³-hybridized carbons (Fsp3) is 0.692. The van der Waals surface area contributed by atoms with E-state index in [1.54, 1.807) is 0 Å². The molecule has 2 rings (SSSR count). The molecule has 90 valence electrons. The highest BCUT2D eigenvalue weighted by molar-refractivity contribution is 5.24. The summed E-state index contributed by atoms with van der Waals surface area (Å²) in [5.74, 6) is 1.93. The van der Waals surface area contributed by atoms with Crippen LogP contribution in [0.2, 0.25) is 0 Å². The Hall–Kier alpha value is -0.800. The summed E-state index contributed by atoms with van der Waals surface area (Å²) in [6.07, 6.45) is 1.14. The topological polar surface area (TPSA) is 34.4 Å². The molecule has 2 heterocycles. The molecule has 3 heteroatoms. The van der Waals surface area contributed by atoms with Crippen LogP contribution in [0.5, 0.6) is 0 Å². The maximum atomic E-state index is 6.18. The average Bonchev–Trinajstić information content (AvgIpc) is 2.58. The molecule has 1 aliphatic rings. The van der Waals surface area contributed by atoms with Crippen molar-refractivity contribution in [1.82, 2.24) is 5.32 Å². The molecule has 0 spiro atoms. The minimum absolute atomic E-state index is 0.0550. The molecule has 0 aromatic carbocycles. The number of morpholine rings is 1. The average molecular weight is 223 g/mol. The van der Waals surface area contributed by atoms with Crippen LogP contribution in [0.4, 0.5) is 0 Å². The summed E-state index contributed by atoms with van der Waals surface area (Å²) >= 11 is 0. The van der Waals surface area contributed by atoms with Gasteiger partial charge in [-0.1, -0.05) is 6.92 Å². The lowest BCUT2D eigenvalue weighted by Gasteiger charge is -2.38. The molecule has 16 heavy (non-hydrogen) atoms. The standard InChI is InChI=1S/C13H21NO2/c1-5-13(4)8-14-7-12(16-13)11-6-9(2)15-10(11)3/h6,12,14H,5,7-8H2,1-4H3. The minimum atomic E-state index is -0.0550. The van der Waals surface area contributed by atoms with Gasteiger partial charge in [0.15, 0.2) is 0 Å². The van der Waals surface area contributed by atoms with E-state index in [2.05, 4.69) is 25.2 Å². The lowest BCUT2D eigenvalue weighted by atomic mass is 9.99. The quantitative estimate of drug-likeness (QED) is 0.837. The Kier molecular flexibility index (Phi) is 3.08. The smallest absolute Gasteiger partial charge is 0.106 e. The first-order chi connectivity index (χ1) is 7.54. The van der Waals surface area contributed by atoms with Crippen LogP contribution >= 0.6 is 0 Å². The largest absolute Gasteiger partial charge is 0.466 e. The summed E-state index contributed by atoms with van der Waals surface area (Å²) < 4.78 is 11.7. The van der Waals surface area contributed by atoms with Crippen LogP contribution in [-0.2, 0) is 4.74 Å². The van der Waals surface area contributed by atoms with Gasteiger partial charge in [-0.15, -0.1) is 0 Å². The Labute approximate surface area is 97.2 Å². The fourth-order valence-electron chi connectivity index (χ4n) is 2.25. The van der Waals surface area contributed by atoms with Gasteiger partial charge in [-0.2, -0.15) is 0 Å². The zero-order valence-electron chi connectivity index (χ0n) is 10.6. The van der Waals surface area contributed by atoms with E-state index in [1.807, 2.05) is 13.8 Å². The van der Waals surface area contributed by atoms with E-state index in [9.17, 15) is 0 Å². The van der Waals surface area contributed by atoms with Crippen LogP contribution in [-0.4, -0.2) is 18.7 Å². The van der Waals surface area contributed by atoms with E-state index in [4.69, 9.17) is 9.15 Å². The van der Waals surface area contributed by atoms with Crippen molar-refractivity contribution in [2.45, 2.75) is 45.8 Å². The molecule has 2 atom stereocenters. The van der Waals surface area contributed by atoms with Crippen molar-refractivity contribution in [3.63, 3.8) is 0 Å². The highest BCUT2D eigenvalue weighted by Crippen LogP contribution is 2.32. The summed E-state index contributed by atoms with van der Waals surface area (Å²) in [5, 5.41) is 3.44. The number of nitrogens with one attached hydrogen (secondary N) is 1. The van der Waals surface area contributed by atoms with E-state index < -0.39 is 0 Å². The number of aryl methyl sites for hydroxylation is 2. The summed E-state index contributed by atoms with van der Waals surface area (Å²) in [4.78, 5) is 0. The van der Waals surface area contributed by atoms with E-state index in [-0.39, 0.29) is 11.7 Å². The summed E-state index contributed by atoms with van der Waals surface area (Å²) in [7, 11) is 0. The lowest BCUT2D eigenvalue weighted by Crippen LogP contribution is -2.48. The van der Waals surface area contributed by atoms with Crippen molar-refractivity contribution in [3.8, 4) is 0 Å². The van der Waals surface area contributed by atoms with E-state index in [1.165, 1.54) is 5.56 Å². The van der Waals surface area contributed by atoms with Gasteiger partial charge in [0.2, 0.25) is 0 Å². The predicted molar refractivity (Wildman–Crippen MR) is 63.6 cm³/mol. The Morgan fingerprint density at radius 3 is 2.81 bits per heavy atom. The third-order valence-electron chi connectivity index (χ3n) is 3.43. The molecule has 1 fully saturated rings. The van der Waals surface area contributed by atoms with Crippen molar-refractivity contribution in [1.29, 1.82) is 0 Å². The maximum absolute atomic E-state index is 6.18. The molecule has 1 saturated heterocycles. The predicted octanol–water partition coefficient (Wildman–Crippen LogP) is 2.73. The molecule has 1 aromatic heterocycles. The van der Waals surface area contributed by atoms with Crippen molar-refractivity contribution >= 4 is 0 Å². The molecular formula is C13H21NO2. The first-order valence-corrected chi connectivity index (χ1v) is 5.99. The molecule has 0 amide bonds. The normalized spacial score (nSPS) is 30.6. The molecule has 0 saturated carbocycles. The van der Waals surface area contributed by atoms with Crippen molar-refractivity contribution in [2.75, 3.05) is 13.1 Å². The fourth-order valence-corrected chi connectivity index (χ4v) is 2.25. The van der Waals surface area contributed by atoms with E-state index in [0.29, 0.717) is 0 Å². The van der Waals surface area contributed by atoms with Gasteiger partial charge in [0.1, 0.15) is 11.5 Å². The highest BCUT2D eigenvalue weighted by Gasteiger charge is 2.33. The second kappa shape index (κ2) is 4.22. The molecule has 0 radical (unpaired) electrons. The van der Waals surface area contributed by atoms with Gasteiger partial charge < -0.3 is 14.5 Å². The van der Waals surface area contributed by atoms with Crippen LogP contribution in [0.3, 0.4) is 0 Å². The zero-order valence-corrected chi connectivity index (χ0v) is 10.6. The van der Waals surface area contributed by atoms with Gasteiger partial charge in [-0.3, -0.25) is 0 Å². The van der Waals surface area contributed by atoms with Crippen molar-refractivity contribution < 1.29 is 9.15 Å². The second-order valence-corrected chi connectivity index (χ2v) is 4.91. The molecule has 1 aromatic rings. The number of furan rings is 1. The van der Waals surface area contributed by atoms with Crippen LogP contribution < -0.4 is 5.32 Å². The number of rotatable bonds is 2. The van der Waals surface area contributed by atoms with Crippen LogP contribution in [0.1, 0.15) is 43.5 Å². The summed E-state index contributed by atoms with van der Waals surface area (Å²) in [6.45, 7) is 10.1. The van der Waals surface area contributed by atoms with Crippen LogP contribution in [0.15, 0.2) is 10.5 Å². The van der Waals surface area contributed by atoms with E-state index >= 15 is 0 Å². The van der Waals surface area contributed by atoms with Crippen molar-refractivity contribution in [2.24, 2.45) is 0 Å². The molecule has 1 N–H and O–H groups in total. The Morgan fingerprint density at radius 1 is 1.50 bits per heavy atom. The van der Waals surface area contributed by atoms with Crippen LogP contribution in [0.25, 0.3) is 0 Å². The molecular weight excluding hydrogens is 202 g/mol. The molecule has 0 aliphatic carbocycles. The maximum Gasteiger partial charge on any atom is 0.106 e. The number of ether oxygens (including phenoxy) is 1. The van der Waals surface area contributed by atoms with Gasteiger partial charge in [0.25, 0.3) is 0 Å². The molecule has 1 aliphatic heterocycles. The monoisotopic (exact) mass is 223 g/mol. The van der Waals surface area contributed by atoms with Gasteiger partial charge in [-0.05, 0) is 33.3 Å². The molecule has 3 nitrogen and oxygen atoms in total. The van der Waals surface area contributed by atoms with Gasteiger partial charge in [0.05, 0.1) is 11.7 Å². The third-order valence-corrected chi connectivity index (χ3v) is 3.43. The minimum Gasteiger partial charge on any atom is -0.466 e. The zero-order chi connectivity index (χ0) is 11.8. The second-order valence-electron chi connectivity index (χ2n) is 4.91. The molecule has 0 bridgehead atoms. The number of hydrogen-bond acceptors (Lipinski definition) is 3. The van der Waals surface area contributed by atoms with E-state index in [0.717, 1.165) is 31.0 Å². The highest BCUT2D eigenvalue weighted by atomic mass is 16.5. The van der Waals surface area contributed by atoms with Gasteiger partial charge in [-0.25, -0.2) is 0 Å². The van der Waals surface area contributed by atoms with Crippen LogP contribution in [0, 0.1) is 13.8 Å². The Balaban J connectivity index is 2.19. The summed E-state index contributed by atoms with van der Waals surface area (Å²) in [5.41, 5.74) is 1.13. The Morgan fingerprint density at radius 2 is 2.25 bits per heavy atom. The third kappa shape index (κ3) is 2.15.